The third-order valence-electron chi connectivity index (χ3n) is 3.45. The first-order chi connectivity index (χ1) is 12.2. The summed E-state index contributed by atoms with van der Waals surface area (Å²) in [6, 6.07) is 4.74. The number of phenolic OH excluding ortho intramolecular Hbond substituents is 1. The number of methoxy groups -OCH3 is 1. The summed E-state index contributed by atoms with van der Waals surface area (Å²) in [4.78, 5) is 14.8. The molecule has 1 aromatic heterocycles. The number of phenols is 1. The number of benzene rings is 1. The maximum Gasteiger partial charge on any atom is 0.322 e. The highest BCUT2D eigenvalue weighted by Crippen LogP contribution is 2.45. The normalized spacial score (nSPS) is 10.7. The van der Waals surface area contributed by atoms with Gasteiger partial charge in [-0.15, -0.1) is 0 Å². The number of nitrogens with zero attached hydrogens (tertiary/aromatic N) is 1. The van der Waals surface area contributed by atoms with Crippen LogP contribution in [0.1, 0.15) is 25.3 Å². The number of ether oxygens (including phenoxy) is 2. The van der Waals surface area contributed by atoms with Crippen molar-refractivity contribution in [1.82, 2.24) is 4.98 Å². The second kappa shape index (κ2) is 8.33. The fourth-order valence-electron chi connectivity index (χ4n) is 2.18. The second-order valence-corrected chi connectivity index (χ2v) is 6.41. The Bertz CT molecular complexity index is 827. The number of hydrogen-bond donors (Lipinski definition) is 3. The van der Waals surface area contributed by atoms with Crippen molar-refractivity contribution in [1.29, 1.82) is 0 Å². The van der Waals surface area contributed by atoms with Crippen LogP contribution in [0.25, 0.3) is 0 Å². The van der Waals surface area contributed by atoms with Crippen molar-refractivity contribution in [2.75, 3.05) is 19.0 Å². The van der Waals surface area contributed by atoms with E-state index in [1.807, 2.05) is 13.8 Å². The van der Waals surface area contributed by atoms with E-state index in [1.165, 1.54) is 13.2 Å². The summed E-state index contributed by atoms with van der Waals surface area (Å²) < 4.78 is 10.9. The van der Waals surface area contributed by atoms with Gasteiger partial charge in [0.05, 0.1) is 7.11 Å². The average Bonchev–Trinajstić information content (AvgIpc) is 2.59. The molecule has 0 bridgehead atoms. The van der Waals surface area contributed by atoms with Gasteiger partial charge in [-0.1, -0.05) is 37.0 Å². The Morgan fingerprint density at radius 1 is 1.31 bits per heavy atom. The van der Waals surface area contributed by atoms with Gasteiger partial charge in [-0.2, -0.15) is 4.98 Å². The Balaban J connectivity index is 2.46. The summed E-state index contributed by atoms with van der Waals surface area (Å²) in [6.07, 6.45) is 0. The van der Waals surface area contributed by atoms with E-state index in [9.17, 15) is 9.90 Å². The number of aromatic nitrogens is 1. The van der Waals surface area contributed by atoms with Gasteiger partial charge in [0, 0.05) is 5.56 Å². The van der Waals surface area contributed by atoms with Crippen LogP contribution in [0, 0.1) is 0 Å². The molecule has 1 heterocycles. The van der Waals surface area contributed by atoms with Crippen LogP contribution in [0.15, 0.2) is 18.2 Å². The van der Waals surface area contributed by atoms with Gasteiger partial charge in [-0.05, 0) is 24.1 Å². The van der Waals surface area contributed by atoms with Crippen LogP contribution in [-0.2, 0) is 4.79 Å². The van der Waals surface area contributed by atoms with Gasteiger partial charge in [0.2, 0.25) is 5.88 Å². The third kappa shape index (κ3) is 4.42. The molecule has 140 valence electrons. The molecule has 2 aromatic rings. The summed E-state index contributed by atoms with van der Waals surface area (Å²) in [5, 5.41) is 21.4. The van der Waals surface area contributed by atoms with E-state index in [1.54, 1.807) is 12.1 Å². The number of aromatic hydroxyl groups is 1. The van der Waals surface area contributed by atoms with Crippen molar-refractivity contribution in [3.05, 3.63) is 33.8 Å². The number of carboxylic acids is 1. The highest BCUT2D eigenvalue weighted by molar-refractivity contribution is 6.39. The van der Waals surface area contributed by atoms with Crippen molar-refractivity contribution in [3.63, 3.8) is 0 Å². The number of rotatable bonds is 7. The van der Waals surface area contributed by atoms with Crippen LogP contribution in [0.5, 0.6) is 23.1 Å². The lowest BCUT2D eigenvalue weighted by atomic mass is 10.0. The van der Waals surface area contributed by atoms with Gasteiger partial charge >= 0.3 is 5.97 Å². The Morgan fingerprint density at radius 2 is 2.00 bits per heavy atom. The van der Waals surface area contributed by atoms with Crippen LogP contribution in [0.3, 0.4) is 0 Å². The molecule has 2 rings (SSSR count). The predicted octanol–water partition coefficient (Wildman–Crippen LogP) is 4.51. The number of anilines is 1. The number of carbonyl (C=O) groups is 1. The molecular formula is C17H18Cl2N2O5. The molecular weight excluding hydrogens is 383 g/mol. The van der Waals surface area contributed by atoms with Gasteiger partial charge in [0.15, 0.2) is 11.6 Å². The fraction of sp³-hybridized carbons (Fsp3) is 0.294. The van der Waals surface area contributed by atoms with E-state index in [2.05, 4.69) is 10.3 Å². The standard InChI is InChI=1S/C17H18Cl2N2O5/c1-8(2)10-6-9(4-5-11(10)22)26-15-13(18)16(20-7-12(23)24)21-17(25-3)14(15)19/h4-6,8,22H,7H2,1-3H3,(H,20,21)(H,23,24). The topological polar surface area (TPSA) is 101 Å². The molecule has 0 radical (unpaired) electrons. The Morgan fingerprint density at radius 3 is 2.58 bits per heavy atom. The second-order valence-electron chi connectivity index (χ2n) is 5.65. The van der Waals surface area contributed by atoms with Gasteiger partial charge in [0.1, 0.15) is 28.1 Å². The van der Waals surface area contributed by atoms with E-state index >= 15 is 0 Å². The minimum Gasteiger partial charge on any atom is -0.508 e. The first kappa shape index (κ1) is 19.9. The van der Waals surface area contributed by atoms with E-state index < -0.39 is 12.5 Å². The van der Waals surface area contributed by atoms with Gasteiger partial charge < -0.3 is 25.0 Å². The van der Waals surface area contributed by atoms with Crippen LogP contribution < -0.4 is 14.8 Å². The van der Waals surface area contributed by atoms with E-state index in [0.29, 0.717) is 11.3 Å². The van der Waals surface area contributed by atoms with E-state index in [0.717, 1.165) is 0 Å². The molecule has 0 fully saturated rings. The molecule has 0 saturated heterocycles. The lowest BCUT2D eigenvalue weighted by Gasteiger charge is -2.16. The average molecular weight is 401 g/mol. The van der Waals surface area contributed by atoms with Crippen molar-refractivity contribution in [3.8, 4) is 23.1 Å². The highest BCUT2D eigenvalue weighted by atomic mass is 35.5. The van der Waals surface area contributed by atoms with E-state index in [-0.39, 0.29) is 39.2 Å². The highest BCUT2D eigenvalue weighted by Gasteiger charge is 2.21. The Hall–Kier alpha value is -2.38. The van der Waals surface area contributed by atoms with E-state index in [4.69, 9.17) is 37.8 Å². The molecule has 0 amide bonds. The quantitative estimate of drug-likeness (QED) is 0.627. The van der Waals surface area contributed by atoms with Crippen molar-refractivity contribution < 1.29 is 24.5 Å². The predicted molar refractivity (Wildman–Crippen MR) is 99.2 cm³/mol. The lowest BCUT2D eigenvalue weighted by Crippen LogP contribution is -2.14. The summed E-state index contributed by atoms with van der Waals surface area (Å²) in [6.45, 7) is 3.47. The number of aliphatic carboxylic acids is 1. The maximum absolute atomic E-state index is 10.8. The summed E-state index contributed by atoms with van der Waals surface area (Å²) >= 11 is 12.5. The Kier molecular flexibility index (Phi) is 6.39. The molecule has 0 aliphatic heterocycles. The number of carboxylic acid groups (broad SMARTS) is 1. The number of pyridine rings is 1. The minimum atomic E-state index is -1.08. The van der Waals surface area contributed by atoms with Crippen LogP contribution in [0.2, 0.25) is 10.0 Å². The van der Waals surface area contributed by atoms with Crippen molar-refractivity contribution in [2.45, 2.75) is 19.8 Å². The Labute approximate surface area is 160 Å². The number of nitrogens with one attached hydrogen (secondary N) is 1. The van der Waals surface area contributed by atoms with Crippen LogP contribution in [0.4, 0.5) is 5.82 Å². The molecule has 7 nitrogen and oxygen atoms in total. The van der Waals surface area contributed by atoms with Gasteiger partial charge in [0.25, 0.3) is 0 Å². The van der Waals surface area contributed by atoms with Crippen LogP contribution in [-0.4, -0.2) is 34.8 Å². The van der Waals surface area contributed by atoms with Crippen LogP contribution >= 0.6 is 23.2 Å². The molecule has 0 aliphatic rings. The zero-order valence-corrected chi connectivity index (χ0v) is 15.9. The number of halogens is 2. The molecule has 3 N–H and O–H groups in total. The SMILES string of the molecule is COc1nc(NCC(=O)O)c(Cl)c(Oc2ccc(O)c(C(C)C)c2)c1Cl. The first-order valence-corrected chi connectivity index (χ1v) is 8.39. The lowest BCUT2D eigenvalue weighted by molar-refractivity contribution is -0.134. The largest absolute Gasteiger partial charge is 0.508 e. The monoisotopic (exact) mass is 400 g/mol. The maximum atomic E-state index is 10.8. The van der Waals surface area contributed by atoms with Crippen molar-refractivity contribution in [2.24, 2.45) is 0 Å². The molecule has 0 atom stereocenters. The summed E-state index contributed by atoms with van der Waals surface area (Å²) in [5.41, 5.74) is 0.694. The number of hydrogen-bond acceptors (Lipinski definition) is 6. The summed E-state index contributed by atoms with van der Waals surface area (Å²) in [5.74, 6) is -0.305. The molecule has 1 aromatic carbocycles. The molecule has 9 heteroatoms. The minimum absolute atomic E-state index is 0.0104. The van der Waals surface area contributed by atoms with Gasteiger partial charge in [-0.25, -0.2) is 0 Å². The van der Waals surface area contributed by atoms with Crippen molar-refractivity contribution >= 4 is 35.0 Å². The molecule has 0 spiro atoms. The first-order valence-electron chi connectivity index (χ1n) is 7.64. The fourth-order valence-corrected chi connectivity index (χ4v) is 2.72. The smallest absolute Gasteiger partial charge is 0.322 e. The molecule has 0 unspecified atom stereocenters. The summed E-state index contributed by atoms with van der Waals surface area (Å²) in [7, 11) is 1.37. The molecule has 0 saturated carbocycles. The molecule has 0 aliphatic carbocycles. The molecule has 26 heavy (non-hydrogen) atoms. The zero-order chi connectivity index (χ0) is 19.4. The zero-order valence-electron chi connectivity index (χ0n) is 14.3. The third-order valence-corrected chi connectivity index (χ3v) is 4.13. The van der Waals surface area contributed by atoms with Gasteiger partial charge in [-0.3, -0.25) is 4.79 Å².